The Bertz CT molecular complexity index is 669. The van der Waals surface area contributed by atoms with Gasteiger partial charge in [0.2, 0.25) is 10.0 Å². The van der Waals surface area contributed by atoms with E-state index in [-0.39, 0.29) is 4.90 Å². The van der Waals surface area contributed by atoms with Crippen LogP contribution in [0.15, 0.2) is 29.2 Å². The molecule has 1 aliphatic carbocycles. The molecule has 0 aromatic heterocycles. The first kappa shape index (κ1) is 22.7. The van der Waals surface area contributed by atoms with Gasteiger partial charge in [-0.05, 0) is 55.4 Å². The Balaban J connectivity index is 1.77. The molecule has 154 valence electrons. The number of sulfonamides is 1. The van der Waals surface area contributed by atoms with Crippen molar-refractivity contribution in [3.05, 3.63) is 29.8 Å². The first-order valence-electron chi connectivity index (χ1n) is 9.45. The number of rotatable bonds is 9. The van der Waals surface area contributed by atoms with Crippen LogP contribution in [-0.4, -0.2) is 20.3 Å². The molecule has 8 heteroatoms. The normalized spacial score (nSPS) is 21.3. The lowest BCUT2D eigenvalue weighted by Crippen LogP contribution is -2.31. The molecule has 0 bridgehead atoms. The summed E-state index contributed by atoms with van der Waals surface area (Å²) in [6.45, 7) is 0.347. The molecule has 1 aliphatic rings. The summed E-state index contributed by atoms with van der Waals surface area (Å²) in [6.07, 6.45) is 4.74. The van der Waals surface area contributed by atoms with E-state index in [1.165, 1.54) is 25.7 Å². The predicted molar refractivity (Wildman–Crippen MR) is 104 cm³/mol. The third-order valence-corrected chi connectivity index (χ3v) is 7.27. The second kappa shape index (κ2) is 10.3. The fraction of sp³-hybridized carbons (Fsp3) is 0.684. The summed E-state index contributed by atoms with van der Waals surface area (Å²) < 4.78 is 64.9. The Morgan fingerprint density at radius 1 is 0.963 bits per heavy atom. The Labute approximate surface area is 168 Å². The van der Waals surface area contributed by atoms with Crippen LogP contribution in [0.3, 0.4) is 0 Å². The van der Waals surface area contributed by atoms with Crippen molar-refractivity contribution in [2.45, 2.75) is 62.4 Å². The van der Waals surface area contributed by atoms with Gasteiger partial charge in [-0.3, -0.25) is 0 Å². The zero-order valence-corrected chi connectivity index (χ0v) is 17.7. The quantitative estimate of drug-likeness (QED) is 0.369. The van der Waals surface area contributed by atoms with Crippen molar-refractivity contribution in [2.24, 2.45) is 11.8 Å². The van der Waals surface area contributed by atoms with E-state index in [4.69, 9.17) is 0 Å². The van der Waals surface area contributed by atoms with Crippen LogP contribution in [0.5, 0.6) is 0 Å². The maximum atomic E-state index is 12.6. The fourth-order valence-electron chi connectivity index (χ4n) is 3.56. The van der Waals surface area contributed by atoms with Crippen molar-refractivity contribution < 1.29 is 21.6 Å². The lowest BCUT2D eigenvalue weighted by Gasteiger charge is -2.28. The highest BCUT2D eigenvalue weighted by Gasteiger charge is 2.30. The molecule has 0 unspecified atom stereocenters. The van der Waals surface area contributed by atoms with E-state index in [0.29, 0.717) is 12.5 Å². The fourth-order valence-corrected chi connectivity index (χ4v) is 5.08. The highest BCUT2D eigenvalue weighted by Crippen LogP contribution is 2.32. The van der Waals surface area contributed by atoms with Crippen LogP contribution in [0.4, 0.5) is 13.2 Å². The average Bonchev–Trinajstić information content (AvgIpc) is 2.64. The molecular weight excluding hydrogens is 443 g/mol. The zero-order valence-electron chi connectivity index (χ0n) is 15.3. The highest BCUT2D eigenvalue weighted by atomic mass is 79.9. The summed E-state index contributed by atoms with van der Waals surface area (Å²) in [5.74, 6) is 1.04. The molecule has 1 saturated carbocycles. The van der Waals surface area contributed by atoms with Crippen molar-refractivity contribution in [1.82, 2.24) is 4.72 Å². The smallest absolute Gasteiger partial charge is 0.211 e. The minimum absolute atomic E-state index is 0.129. The van der Waals surface area contributed by atoms with Gasteiger partial charge in [-0.2, -0.15) is 13.2 Å². The van der Waals surface area contributed by atoms with Crippen LogP contribution >= 0.6 is 15.9 Å². The number of hydrogen-bond acceptors (Lipinski definition) is 2. The van der Waals surface area contributed by atoms with Crippen molar-refractivity contribution >= 4 is 26.0 Å². The molecule has 0 heterocycles. The lowest BCUT2D eigenvalue weighted by molar-refractivity contribution is -0.137. The molecule has 3 nitrogen and oxygen atoms in total. The topological polar surface area (TPSA) is 46.2 Å². The molecule has 1 aromatic carbocycles. The van der Waals surface area contributed by atoms with Crippen LogP contribution in [-0.2, 0) is 16.2 Å². The molecule has 1 aromatic rings. The van der Waals surface area contributed by atoms with E-state index < -0.39 is 21.8 Å². The number of alkyl halides is 4. The second-order valence-electron chi connectivity index (χ2n) is 7.30. The van der Waals surface area contributed by atoms with Gasteiger partial charge < -0.3 is 0 Å². The van der Waals surface area contributed by atoms with Gasteiger partial charge in [-0.1, -0.05) is 48.0 Å². The van der Waals surface area contributed by atoms with Crippen LogP contribution < -0.4 is 4.72 Å². The monoisotopic (exact) mass is 469 g/mol. The summed E-state index contributed by atoms with van der Waals surface area (Å²) in [6, 6.07) is 3.62. The van der Waals surface area contributed by atoms with Crippen molar-refractivity contribution in [2.75, 3.05) is 11.9 Å². The number of halogens is 4. The molecule has 0 saturated heterocycles. The van der Waals surface area contributed by atoms with Crippen molar-refractivity contribution in [3.63, 3.8) is 0 Å². The van der Waals surface area contributed by atoms with Gasteiger partial charge in [0.25, 0.3) is 0 Å². The van der Waals surface area contributed by atoms with E-state index in [1.807, 2.05) is 0 Å². The Morgan fingerprint density at radius 3 is 2.11 bits per heavy atom. The SMILES string of the molecule is O=S(=O)(NCC1CCC(CCCCCBr)CC1)c1ccc(C(F)(F)F)cc1. The summed E-state index contributed by atoms with van der Waals surface area (Å²) in [5, 5.41) is 1.05. The van der Waals surface area contributed by atoms with Gasteiger partial charge in [0.15, 0.2) is 0 Å². The third-order valence-electron chi connectivity index (χ3n) is 5.27. The molecule has 0 atom stereocenters. The average molecular weight is 470 g/mol. The van der Waals surface area contributed by atoms with Crippen LogP contribution in [0.1, 0.15) is 56.9 Å². The number of unbranched alkanes of at least 4 members (excludes halogenated alkanes) is 2. The summed E-state index contributed by atoms with van der Waals surface area (Å²) in [7, 11) is -3.78. The minimum Gasteiger partial charge on any atom is -0.211 e. The number of nitrogens with one attached hydrogen (secondary N) is 1. The molecule has 1 fully saturated rings. The lowest BCUT2D eigenvalue weighted by atomic mass is 9.80. The van der Waals surface area contributed by atoms with E-state index >= 15 is 0 Å². The van der Waals surface area contributed by atoms with E-state index in [9.17, 15) is 21.6 Å². The molecule has 0 amide bonds. The Kier molecular flexibility index (Phi) is 8.62. The largest absolute Gasteiger partial charge is 0.416 e. The first-order valence-corrected chi connectivity index (χ1v) is 12.1. The van der Waals surface area contributed by atoms with Crippen molar-refractivity contribution in [1.29, 1.82) is 0 Å². The van der Waals surface area contributed by atoms with Crippen LogP contribution in [0.25, 0.3) is 0 Å². The van der Waals surface area contributed by atoms with Gasteiger partial charge >= 0.3 is 6.18 Å². The van der Waals surface area contributed by atoms with Gasteiger partial charge in [0, 0.05) is 11.9 Å². The van der Waals surface area contributed by atoms with Crippen LogP contribution in [0.2, 0.25) is 0 Å². The maximum absolute atomic E-state index is 12.6. The number of benzene rings is 1. The van der Waals surface area contributed by atoms with Crippen molar-refractivity contribution in [3.8, 4) is 0 Å². The van der Waals surface area contributed by atoms with E-state index in [1.54, 1.807) is 0 Å². The summed E-state index contributed by atoms with van der Waals surface area (Å²) in [5.41, 5.74) is -0.851. The first-order chi connectivity index (χ1) is 12.7. The Morgan fingerprint density at radius 2 is 1.56 bits per heavy atom. The van der Waals surface area contributed by atoms with E-state index in [0.717, 1.165) is 61.2 Å². The highest BCUT2D eigenvalue weighted by molar-refractivity contribution is 9.09. The predicted octanol–water partition coefficient (Wildman–Crippen LogP) is 5.75. The molecular formula is C19H27BrF3NO2S. The maximum Gasteiger partial charge on any atom is 0.416 e. The van der Waals surface area contributed by atoms with Crippen LogP contribution in [0, 0.1) is 11.8 Å². The summed E-state index contributed by atoms with van der Waals surface area (Å²) in [4.78, 5) is -0.129. The third kappa shape index (κ3) is 7.38. The molecule has 2 rings (SSSR count). The zero-order chi connectivity index (χ0) is 19.9. The van der Waals surface area contributed by atoms with Gasteiger partial charge in [0.05, 0.1) is 10.5 Å². The molecule has 1 N–H and O–H groups in total. The molecule has 0 radical (unpaired) electrons. The minimum atomic E-state index is -4.47. The molecule has 27 heavy (non-hydrogen) atoms. The standard InChI is InChI=1S/C19H27BrF3NO2S/c20-13-3-1-2-4-15-5-7-16(8-6-15)14-24-27(25,26)18-11-9-17(10-12-18)19(21,22)23/h9-12,15-16,24H,1-8,13-14H2. The van der Waals surface area contributed by atoms with Gasteiger partial charge in [0.1, 0.15) is 0 Å². The molecule has 0 spiro atoms. The Hall–Kier alpha value is -0.600. The number of hydrogen-bond donors (Lipinski definition) is 1. The summed E-state index contributed by atoms with van der Waals surface area (Å²) >= 11 is 3.44. The van der Waals surface area contributed by atoms with Gasteiger partial charge in [-0.15, -0.1) is 0 Å². The van der Waals surface area contributed by atoms with Gasteiger partial charge in [-0.25, -0.2) is 13.1 Å². The van der Waals surface area contributed by atoms with E-state index in [2.05, 4.69) is 20.7 Å². The second-order valence-corrected chi connectivity index (χ2v) is 9.86. The molecule has 0 aliphatic heterocycles.